The normalized spacial score (nSPS) is 23.7. The van der Waals surface area contributed by atoms with Crippen LogP contribution in [0.4, 0.5) is 0 Å². The molecule has 0 aromatic rings. The highest BCUT2D eigenvalue weighted by Crippen LogP contribution is 2.32. The van der Waals surface area contributed by atoms with Crippen molar-refractivity contribution < 1.29 is 19.1 Å². The van der Waals surface area contributed by atoms with Gasteiger partial charge in [-0.05, 0) is 48.0 Å². The molecule has 1 rings (SSSR count). The molecular formula is C17H33NO4Si. The number of rotatable bonds is 3. The molecule has 0 N–H and O–H groups in total. The van der Waals surface area contributed by atoms with E-state index in [0.717, 1.165) is 0 Å². The Labute approximate surface area is 141 Å². The Morgan fingerprint density at radius 3 is 1.74 bits per heavy atom. The summed E-state index contributed by atoms with van der Waals surface area (Å²) >= 11 is 0. The molecule has 0 bridgehead atoms. The van der Waals surface area contributed by atoms with E-state index in [1.54, 1.807) is 0 Å². The van der Waals surface area contributed by atoms with Gasteiger partial charge in [0.25, 0.3) is 0 Å². The molecule has 1 aliphatic rings. The highest BCUT2D eigenvalue weighted by molar-refractivity contribution is 6.73. The van der Waals surface area contributed by atoms with E-state index in [1.807, 2.05) is 41.5 Å². The van der Waals surface area contributed by atoms with Gasteiger partial charge < -0.3 is 14.0 Å². The second-order valence-corrected chi connectivity index (χ2v) is 14.3. The number of hydrogen-bond acceptors (Lipinski definition) is 5. The largest absolute Gasteiger partial charge is 0.460 e. The van der Waals surface area contributed by atoms with Gasteiger partial charge in [0, 0.05) is 6.54 Å². The van der Waals surface area contributed by atoms with Gasteiger partial charge in [-0.3, -0.25) is 9.59 Å². The maximum absolute atomic E-state index is 12.6. The second-order valence-electron chi connectivity index (χ2n) is 9.34. The molecule has 2 atom stereocenters. The molecule has 0 aliphatic carbocycles. The van der Waals surface area contributed by atoms with E-state index >= 15 is 0 Å². The Kier molecular flexibility index (Phi) is 5.74. The summed E-state index contributed by atoms with van der Waals surface area (Å²) in [5.41, 5.74) is -1.03. The molecule has 6 heteroatoms. The van der Waals surface area contributed by atoms with Crippen molar-refractivity contribution in [2.45, 2.75) is 84.8 Å². The molecule has 2 unspecified atom stereocenters. The topological polar surface area (TPSA) is 55.8 Å². The van der Waals surface area contributed by atoms with Crippen molar-refractivity contribution in [3.63, 3.8) is 0 Å². The summed E-state index contributed by atoms with van der Waals surface area (Å²) in [4.78, 5) is 25.0. The first-order valence-corrected chi connectivity index (χ1v) is 11.8. The van der Waals surface area contributed by atoms with Gasteiger partial charge in [0.1, 0.15) is 25.5 Å². The van der Waals surface area contributed by atoms with Gasteiger partial charge in [-0.2, -0.15) is 0 Å². The molecule has 0 aromatic heterocycles. The van der Waals surface area contributed by atoms with Crippen LogP contribution in [-0.4, -0.2) is 48.5 Å². The summed E-state index contributed by atoms with van der Waals surface area (Å²) in [5, 5.41) is 0. The fourth-order valence-electron chi connectivity index (χ4n) is 2.73. The van der Waals surface area contributed by atoms with Crippen molar-refractivity contribution in [1.29, 1.82) is 0 Å². The number of nitrogens with zero attached hydrogens (tertiary/aromatic N) is 1. The summed E-state index contributed by atoms with van der Waals surface area (Å²) in [5.74, 6) is -0.712. The molecule has 1 heterocycles. The molecule has 0 amide bonds. The van der Waals surface area contributed by atoms with E-state index in [4.69, 9.17) is 9.47 Å². The van der Waals surface area contributed by atoms with Crippen LogP contribution in [0.15, 0.2) is 0 Å². The van der Waals surface area contributed by atoms with Gasteiger partial charge in [0.05, 0.1) is 5.92 Å². The predicted octanol–water partition coefficient (Wildman–Crippen LogP) is 3.20. The maximum Gasteiger partial charge on any atom is 0.323 e. The van der Waals surface area contributed by atoms with E-state index < -0.39 is 19.4 Å². The smallest absolute Gasteiger partial charge is 0.323 e. The van der Waals surface area contributed by atoms with E-state index in [9.17, 15) is 9.59 Å². The van der Waals surface area contributed by atoms with Crippen LogP contribution >= 0.6 is 0 Å². The van der Waals surface area contributed by atoms with E-state index in [2.05, 4.69) is 24.2 Å². The van der Waals surface area contributed by atoms with E-state index in [0.29, 0.717) is 13.0 Å². The quantitative estimate of drug-likeness (QED) is 0.582. The van der Waals surface area contributed by atoms with Crippen LogP contribution in [0.2, 0.25) is 19.6 Å². The zero-order valence-electron chi connectivity index (χ0n) is 16.1. The minimum absolute atomic E-state index is 0.216. The van der Waals surface area contributed by atoms with Crippen molar-refractivity contribution in [2.75, 3.05) is 6.54 Å². The van der Waals surface area contributed by atoms with Gasteiger partial charge in [-0.25, -0.2) is 0 Å². The standard InChI is InChI=1S/C17H33NO4Si/c1-16(2,3)21-14(19)12-10-13(15(20)22-17(4,5)6)18(11-12)23(7,8)9/h12-13H,10-11H2,1-9H3. The lowest BCUT2D eigenvalue weighted by atomic mass is 10.1. The zero-order valence-corrected chi connectivity index (χ0v) is 17.1. The molecule has 0 aromatic carbocycles. The van der Waals surface area contributed by atoms with Crippen molar-refractivity contribution in [2.24, 2.45) is 5.92 Å². The number of carbonyl (C=O) groups is 2. The Balaban J connectivity index is 2.92. The molecule has 0 radical (unpaired) electrons. The monoisotopic (exact) mass is 343 g/mol. The van der Waals surface area contributed by atoms with E-state index in [-0.39, 0.29) is 23.9 Å². The predicted molar refractivity (Wildman–Crippen MR) is 93.6 cm³/mol. The van der Waals surface area contributed by atoms with Crippen LogP contribution < -0.4 is 0 Å². The lowest BCUT2D eigenvalue weighted by molar-refractivity contribution is -0.159. The first-order chi connectivity index (χ1) is 10.1. The third-order valence-corrected chi connectivity index (χ3v) is 5.80. The van der Waals surface area contributed by atoms with Gasteiger partial charge in [0.15, 0.2) is 0 Å². The third kappa shape index (κ3) is 6.26. The Hall–Kier alpha value is -0.883. The molecule has 1 aliphatic heterocycles. The SMILES string of the molecule is CC(C)(C)OC(=O)C1CC(C(=O)OC(C)(C)C)N([Si](C)(C)C)C1. The minimum Gasteiger partial charge on any atom is -0.460 e. The molecule has 1 fully saturated rings. The Morgan fingerprint density at radius 1 is 0.913 bits per heavy atom. The van der Waals surface area contributed by atoms with Gasteiger partial charge in [-0.15, -0.1) is 0 Å². The maximum atomic E-state index is 12.6. The average Bonchev–Trinajstić information content (AvgIpc) is 2.67. The highest BCUT2D eigenvalue weighted by Gasteiger charge is 2.47. The van der Waals surface area contributed by atoms with Crippen molar-refractivity contribution in [3.05, 3.63) is 0 Å². The highest BCUT2D eigenvalue weighted by atomic mass is 28.3. The van der Waals surface area contributed by atoms with Crippen LogP contribution in [0, 0.1) is 5.92 Å². The third-order valence-electron chi connectivity index (χ3n) is 3.58. The molecule has 1 saturated heterocycles. The summed E-state index contributed by atoms with van der Waals surface area (Å²) in [6.07, 6.45) is 0.480. The molecular weight excluding hydrogens is 310 g/mol. The van der Waals surface area contributed by atoms with Gasteiger partial charge in [0.2, 0.25) is 0 Å². The molecule has 134 valence electrons. The van der Waals surface area contributed by atoms with Gasteiger partial charge in [-0.1, -0.05) is 19.6 Å². The van der Waals surface area contributed by atoms with Crippen molar-refractivity contribution >= 4 is 20.2 Å². The summed E-state index contributed by atoms with van der Waals surface area (Å²) < 4.78 is 13.3. The lowest BCUT2D eigenvalue weighted by Crippen LogP contribution is -2.52. The zero-order chi connectivity index (χ0) is 18.2. The van der Waals surface area contributed by atoms with Crippen molar-refractivity contribution in [3.8, 4) is 0 Å². The summed E-state index contributed by atoms with van der Waals surface area (Å²) in [7, 11) is -1.75. The average molecular weight is 344 g/mol. The van der Waals surface area contributed by atoms with Gasteiger partial charge >= 0.3 is 11.9 Å². The summed E-state index contributed by atoms with van der Waals surface area (Å²) in [6, 6.07) is -0.349. The van der Waals surface area contributed by atoms with Crippen molar-refractivity contribution in [1.82, 2.24) is 4.57 Å². The second kappa shape index (κ2) is 6.55. The Morgan fingerprint density at radius 2 is 1.35 bits per heavy atom. The van der Waals surface area contributed by atoms with Crippen LogP contribution in [-0.2, 0) is 19.1 Å². The summed E-state index contributed by atoms with van der Waals surface area (Å²) in [6.45, 7) is 18.3. The first-order valence-electron chi connectivity index (χ1n) is 8.32. The number of carbonyl (C=O) groups excluding carboxylic acids is 2. The first kappa shape index (κ1) is 20.2. The Bertz CT molecular complexity index is 457. The fourth-order valence-corrected chi connectivity index (χ4v) is 4.64. The fraction of sp³-hybridized carbons (Fsp3) is 0.882. The molecule has 23 heavy (non-hydrogen) atoms. The molecule has 0 saturated carbocycles. The number of ether oxygens (including phenoxy) is 2. The van der Waals surface area contributed by atoms with E-state index in [1.165, 1.54) is 0 Å². The van der Waals surface area contributed by atoms with Crippen LogP contribution in [0.3, 0.4) is 0 Å². The minimum atomic E-state index is -1.75. The van der Waals surface area contributed by atoms with Crippen LogP contribution in [0.25, 0.3) is 0 Å². The molecule has 0 spiro atoms. The number of esters is 2. The lowest BCUT2D eigenvalue weighted by Gasteiger charge is -2.35. The molecule has 5 nitrogen and oxygen atoms in total. The van der Waals surface area contributed by atoms with Crippen LogP contribution in [0.1, 0.15) is 48.0 Å². The van der Waals surface area contributed by atoms with Crippen LogP contribution in [0.5, 0.6) is 0 Å². The number of hydrogen-bond donors (Lipinski definition) is 0.